The smallest absolute Gasteiger partial charge is 0.123 e. The Morgan fingerprint density at radius 3 is 2.57 bits per heavy atom. The Kier molecular flexibility index (Phi) is 4.53. The largest absolute Gasteiger partial charge is 0.320 e. The van der Waals surface area contributed by atoms with Crippen LogP contribution in [-0.2, 0) is 12.8 Å². The van der Waals surface area contributed by atoms with E-state index in [0.717, 1.165) is 36.5 Å². The van der Waals surface area contributed by atoms with Gasteiger partial charge in [0.2, 0.25) is 0 Å². The number of fused-ring (bicyclic) bond motifs is 3. The van der Waals surface area contributed by atoms with Gasteiger partial charge in [-0.2, -0.15) is 0 Å². The molecule has 1 aliphatic carbocycles. The molecule has 0 spiro atoms. The fourth-order valence-corrected chi connectivity index (χ4v) is 4.58. The van der Waals surface area contributed by atoms with Crippen molar-refractivity contribution >= 4 is 34.3 Å². The van der Waals surface area contributed by atoms with Crippen LogP contribution in [0, 0.1) is 11.7 Å². The van der Waals surface area contributed by atoms with E-state index >= 15 is 0 Å². The van der Waals surface area contributed by atoms with Crippen LogP contribution >= 0.6 is 11.6 Å². The van der Waals surface area contributed by atoms with E-state index in [1.807, 2.05) is 18.2 Å². The molecule has 0 N–H and O–H groups in total. The monoisotopic (exact) mass is 394 g/mol. The van der Waals surface area contributed by atoms with Crippen molar-refractivity contribution in [2.75, 3.05) is 20.1 Å². The van der Waals surface area contributed by atoms with Gasteiger partial charge in [-0.25, -0.2) is 4.39 Å². The normalized spacial score (nSPS) is 18.3. The molecule has 28 heavy (non-hydrogen) atoms. The fourth-order valence-electron chi connectivity index (χ4n) is 4.41. The van der Waals surface area contributed by atoms with Gasteiger partial charge in [0.05, 0.1) is 5.52 Å². The van der Waals surface area contributed by atoms with Gasteiger partial charge in [0.15, 0.2) is 0 Å². The Labute approximate surface area is 170 Å². The lowest BCUT2D eigenvalue weighted by Gasteiger charge is -2.14. The van der Waals surface area contributed by atoms with E-state index in [-0.39, 0.29) is 5.82 Å². The second-order valence-corrected chi connectivity index (χ2v) is 8.56. The van der Waals surface area contributed by atoms with Gasteiger partial charge < -0.3 is 9.47 Å². The summed E-state index contributed by atoms with van der Waals surface area (Å²) in [6.45, 7) is 2.12. The summed E-state index contributed by atoms with van der Waals surface area (Å²) in [7, 11) is 2.19. The molecule has 5 rings (SSSR count). The summed E-state index contributed by atoms with van der Waals surface area (Å²) in [6.07, 6.45) is 6.79. The van der Waals surface area contributed by atoms with Crippen molar-refractivity contribution in [3.8, 4) is 0 Å². The molecule has 2 heterocycles. The Hall–Kier alpha value is -2.10. The van der Waals surface area contributed by atoms with Crippen LogP contribution in [0.15, 0.2) is 42.5 Å². The molecule has 0 unspecified atom stereocenters. The molecule has 0 bridgehead atoms. The molecular formula is C24H24ClFN2. The van der Waals surface area contributed by atoms with Gasteiger partial charge in [-0.15, -0.1) is 0 Å². The maximum Gasteiger partial charge on any atom is 0.123 e. The van der Waals surface area contributed by atoms with Crippen LogP contribution in [0.2, 0.25) is 5.02 Å². The number of hydrogen-bond donors (Lipinski definition) is 0. The lowest BCUT2D eigenvalue weighted by molar-refractivity contribution is 0.351. The van der Waals surface area contributed by atoms with Crippen LogP contribution in [-0.4, -0.2) is 29.6 Å². The number of aromatic nitrogens is 1. The van der Waals surface area contributed by atoms with Gasteiger partial charge in [-0.1, -0.05) is 23.7 Å². The number of nitrogens with zero attached hydrogens (tertiary/aromatic N) is 2. The van der Waals surface area contributed by atoms with Crippen LogP contribution in [0.4, 0.5) is 4.39 Å². The lowest BCUT2D eigenvalue weighted by atomic mass is 10.0. The minimum atomic E-state index is -0.183. The van der Waals surface area contributed by atoms with Crippen LogP contribution in [0.3, 0.4) is 0 Å². The lowest BCUT2D eigenvalue weighted by Crippen LogP contribution is -2.21. The van der Waals surface area contributed by atoms with E-state index < -0.39 is 0 Å². The first-order chi connectivity index (χ1) is 13.6. The van der Waals surface area contributed by atoms with E-state index in [2.05, 4.69) is 34.8 Å². The number of likely N-dealkylation sites (N-methyl/N-ethyl adjacent to an activating group) is 1. The molecule has 0 atom stereocenters. The maximum atomic E-state index is 13.5. The van der Waals surface area contributed by atoms with E-state index in [0.29, 0.717) is 5.92 Å². The van der Waals surface area contributed by atoms with Crippen LogP contribution in [0.5, 0.6) is 0 Å². The number of benzene rings is 2. The number of allylic oxidation sites excluding steroid dienone is 1. The van der Waals surface area contributed by atoms with Gasteiger partial charge in [-0.3, -0.25) is 0 Å². The average Bonchev–Trinajstić information content (AvgIpc) is 3.50. The van der Waals surface area contributed by atoms with Gasteiger partial charge in [0, 0.05) is 41.8 Å². The maximum absolute atomic E-state index is 13.5. The highest BCUT2D eigenvalue weighted by Crippen LogP contribution is 2.43. The third kappa shape index (κ3) is 3.27. The summed E-state index contributed by atoms with van der Waals surface area (Å²) >= 11 is 6.35. The minimum absolute atomic E-state index is 0.183. The molecule has 2 nitrogen and oxygen atoms in total. The standard InChI is InChI=1S/C24H24ClFN2/c1-27-12-10-20-21-14-18(25)6-9-23(21)28(24(20)11-13-27)15-22(16-2-3-16)17-4-7-19(26)8-5-17/h4-9,14-16H,2-3,10-13H2,1H3. The molecule has 3 aromatic rings. The molecule has 4 heteroatoms. The topological polar surface area (TPSA) is 8.17 Å². The molecule has 2 aromatic carbocycles. The van der Waals surface area contributed by atoms with Crippen LogP contribution < -0.4 is 0 Å². The Morgan fingerprint density at radius 1 is 1.07 bits per heavy atom. The van der Waals surface area contributed by atoms with Crippen molar-refractivity contribution < 1.29 is 4.39 Å². The third-order valence-electron chi connectivity index (χ3n) is 6.12. The Bertz CT molecular complexity index is 1060. The van der Waals surface area contributed by atoms with E-state index in [1.54, 1.807) is 12.1 Å². The second kappa shape index (κ2) is 7.06. The first-order valence-electron chi connectivity index (χ1n) is 10.1. The quantitative estimate of drug-likeness (QED) is 0.539. The number of hydrogen-bond acceptors (Lipinski definition) is 1. The fraction of sp³-hybridized carbons (Fsp3) is 0.333. The molecule has 0 radical (unpaired) electrons. The summed E-state index contributed by atoms with van der Waals surface area (Å²) in [5, 5.41) is 2.05. The molecule has 1 aromatic heterocycles. The second-order valence-electron chi connectivity index (χ2n) is 8.13. The summed E-state index contributed by atoms with van der Waals surface area (Å²) in [5.41, 5.74) is 6.47. The van der Waals surface area contributed by atoms with E-state index in [4.69, 9.17) is 11.6 Å². The molecule has 0 amide bonds. The van der Waals surface area contributed by atoms with Crippen molar-refractivity contribution in [3.63, 3.8) is 0 Å². The summed E-state index contributed by atoms with van der Waals surface area (Å²) in [6, 6.07) is 13.2. The van der Waals surface area contributed by atoms with Gasteiger partial charge in [0.1, 0.15) is 5.82 Å². The first kappa shape index (κ1) is 18.0. The Morgan fingerprint density at radius 2 is 1.82 bits per heavy atom. The molecular weight excluding hydrogens is 371 g/mol. The average molecular weight is 395 g/mol. The molecule has 1 aliphatic heterocycles. The summed E-state index contributed by atoms with van der Waals surface area (Å²) in [5.74, 6) is 0.385. The number of rotatable bonds is 3. The van der Waals surface area contributed by atoms with E-state index in [1.165, 1.54) is 40.6 Å². The predicted octanol–water partition coefficient (Wildman–Crippen LogP) is 5.87. The Balaban J connectivity index is 1.71. The zero-order valence-electron chi connectivity index (χ0n) is 16.1. The van der Waals surface area contributed by atoms with Crippen molar-refractivity contribution in [1.82, 2.24) is 9.47 Å². The molecule has 1 saturated carbocycles. The van der Waals surface area contributed by atoms with Gasteiger partial charge in [0.25, 0.3) is 0 Å². The highest BCUT2D eigenvalue weighted by Gasteiger charge is 2.28. The van der Waals surface area contributed by atoms with Crippen LogP contribution in [0.25, 0.3) is 22.7 Å². The van der Waals surface area contributed by atoms with Gasteiger partial charge >= 0.3 is 0 Å². The summed E-state index contributed by atoms with van der Waals surface area (Å²) < 4.78 is 15.8. The predicted molar refractivity (Wildman–Crippen MR) is 115 cm³/mol. The van der Waals surface area contributed by atoms with Crippen molar-refractivity contribution in [1.29, 1.82) is 0 Å². The SMILES string of the molecule is CN1CCc2c(n(C=C(c3ccc(F)cc3)C3CC3)c3ccc(Cl)cc23)CC1. The van der Waals surface area contributed by atoms with Gasteiger partial charge in [-0.05, 0) is 79.3 Å². The third-order valence-corrected chi connectivity index (χ3v) is 6.35. The first-order valence-corrected chi connectivity index (χ1v) is 10.5. The van der Waals surface area contributed by atoms with Crippen molar-refractivity contribution in [2.45, 2.75) is 25.7 Å². The molecule has 144 valence electrons. The van der Waals surface area contributed by atoms with Crippen LogP contribution in [0.1, 0.15) is 29.7 Å². The summed E-state index contributed by atoms with van der Waals surface area (Å²) in [4.78, 5) is 2.40. The zero-order valence-corrected chi connectivity index (χ0v) is 16.8. The highest BCUT2D eigenvalue weighted by atomic mass is 35.5. The minimum Gasteiger partial charge on any atom is -0.320 e. The zero-order chi connectivity index (χ0) is 19.3. The molecule has 0 saturated heterocycles. The van der Waals surface area contributed by atoms with Crippen molar-refractivity contribution in [2.24, 2.45) is 5.92 Å². The molecule has 2 aliphatic rings. The van der Waals surface area contributed by atoms with Crippen molar-refractivity contribution in [3.05, 3.63) is 70.1 Å². The number of halogens is 2. The highest BCUT2D eigenvalue weighted by molar-refractivity contribution is 6.31. The molecule has 1 fully saturated rings. The van der Waals surface area contributed by atoms with E-state index in [9.17, 15) is 4.39 Å².